The molecule has 4 bridgehead atoms. The number of benzene rings is 1. The largest absolute Gasteiger partial charge is 0.481 e. The van der Waals surface area contributed by atoms with Gasteiger partial charge in [0.05, 0.1) is 17.5 Å². The molecule has 0 amide bonds. The molecule has 1 heterocycles. The number of hydrogen-bond donors (Lipinski definition) is 1. The number of hydrogen-bond acceptors (Lipinski definition) is 2. The van der Waals surface area contributed by atoms with Gasteiger partial charge in [0.1, 0.15) is 5.82 Å². The Labute approximate surface area is 148 Å². The Balaban J connectivity index is 1.50. The lowest BCUT2D eigenvalue weighted by Gasteiger charge is -2.56. The third-order valence-electron chi connectivity index (χ3n) is 6.98. The van der Waals surface area contributed by atoms with Crippen molar-refractivity contribution >= 4 is 17.0 Å². The zero-order valence-electron chi connectivity index (χ0n) is 14.7. The van der Waals surface area contributed by atoms with Gasteiger partial charge in [-0.25, -0.2) is 4.98 Å². The first-order chi connectivity index (χ1) is 12.1. The summed E-state index contributed by atoms with van der Waals surface area (Å²) in [6.07, 6.45) is 9.64. The van der Waals surface area contributed by atoms with E-state index < -0.39 is 5.97 Å². The lowest BCUT2D eigenvalue weighted by atomic mass is 9.49. The van der Waals surface area contributed by atoms with E-state index in [0.29, 0.717) is 12.0 Å². The maximum Gasteiger partial charge on any atom is 0.305 e. The van der Waals surface area contributed by atoms with Gasteiger partial charge in [-0.3, -0.25) is 4.79 Å². The predicted octanol–water partition coefficient (Wildman–Crippen LogP) is 4.27. The lowest BCUT2D eigenvalue weighted by Crippen LogP contribution is -2.47. The molecular formula is C21H26N2O2. The number of imidazole rings is 1. The average Bonchev–Trinajstić information content (AvgIpc) is 2.88. The summed E-state index contributed by atoms with van der Waals surface area (Å²) in [6, 6.07) is 8.17. The van der Waals surface area contributed by atoms with Crippen LogP contribution in [0.1, 0.15) is 50.8 Å². The van der Waals surface area contributed by atoms with E-state index in [0.717, 1.165) is 41.0 Å². The van der Waals surface area contributed by atoms with Gasteiger partial charge < -0.3 is 9.67 Å². The number of carboxylic acids is 1. The van der Waals surface area contributed by atoms with Crippen molar-refractivity contribution in [1.82, 2.24) is 9.55 Å². The van der Waals surface area contributed by atoms with E-state index in [-0.39, 0.29) is 6.42 Å². The Kier molecular flexibility index (Phi) is 3.44. The number of aryl methyl sites for hydroxylation is 1. The molecule has 4 heteroatoms. The van der Waals surface area contributed by atoms with E-state index in [1.54, 1.807) is 0 Å². The molecule has 1 aromatic carbocycles. The number of rotatable bonds is 5. The summed E-state index contributed by atoms with van der Waals surface area (Å²) in [6.45, 7) is 0.525. The summed E-state index contributed by atoms with van der Waals surface area (Å²) in [5.74, 6) is 3.18. The van der Waals surface area contributed by atoms with Crippen LogP contribution >= 0.6 is 0 Å². The van der Waals surface area contributed by atoms with E-state index in [4.69, 9.17) is 10.1 Å². The molecular weight excluding hydrogens is 312 g/mol. The van der Waals surface area contributed by atoms with Crippen molar-refractivity contribution < 1.29 is 9.90 Å². The molecule has 0 atom stereocenters. The van der Waals surface area contributed by atoms with Gasteiger partial charge in [0.15, 0.2) is 0 Å². The quantitative estimate of drug-likeness (QED) is 0.886. The zero-order chi connectivity index (χ0) is 17.0. The van der Waals surface area contributed by atoms with Crippen LogP contribution in [0.2, 0.25) is 0 Å². The van der Waals surface area contributed by atoms with Gasteiger partial charge in [0.2, 0.25) is 0 Å². The number of nitrogens with zero attached hydrogens (tertiary/aromatic N) is 2. The van der Waals surface area contributed by atoms with Crippen LogP contribution in [0.15, 0.2) is 24.3 Å². The maximum absolute atomic E-state index is 11.1. The highest BCUT2D eigenvalue weighted by Gasteiger charge is 2.51. The molecule has 0 radical (unpaired) electrons. The second-order valence-corrected chi connectivity index (χ2v) is 8.91. The lowest BCUT2D eigenvalue weighted by molar-refractivity contribution is -0.137. The van der Waals surface area contributed by atoms with E-state index in [9.17, 15) is 4.79 Å². The van der Waals surface area contributed by atoms with Crippen LogP contribution in [-0.4, -0.2) is 20.6 Å². The summed E-state index contributed by atoms with van der Waals surface area (Å²) < 4.78 is 2.18. The van der Waals surface area contributed by atoms with Crippen LogP contribution in [0.5, 0.6) is 0 Å². The van der Waals surface area contributed by atoms with Crippen molar-refractivity contribution in [1.29, 1.82) is 0 Å². The maximum atomic E-state index is 11.1. The summed E-state index contributed by atoms with van der Waals surface area (Å²) in [4.78, 5) is 16.1. The van der Waals surface area contributed by atoms with E-state index in [1.165, 1.54) is 38.5 Å². The number of carbonyl (C=O) groups is 1. The predicted molar refractivity (Wildman–Crippen MR) is 96.3 cm³/mol. The topological polar surface area (TPSA) is 55.1 Å². The molecule has 0 saturated heterocycles. The molecule has 132 valence electrons. The van der Waals surface area contributed by atoms with E-state index in [2.05, 4.69) is 16.7 Å². The second-order valence-electron chi connectivity index (χ2n) is 8.91. The van der Waals surface area contributed by atoms with Gasteiger partial charge in [0, 0.05) is 13.0 Å². The first-order valence-electron chi connectivity index (χ1n) is 9.76. The van der Waals surface area contributed by atoms with Crippen molar-refractivity contribution in [2.75, 3.05) is 0 Å². The van der Waals surface area contributed by atoms with Crippen molar-refractivity contribution in [3.8, 4) is 0 Å². The molecule has 0 aliphatic heterocycles. The summed E-state index contributed by atoms with van der Waals surface area (Å²) >= 11 is 0. The summed E-state index contributed by atoms with van der Waals surface area (Å²) in [5.41, 5.74) is 2.52. The van der Waals surface area contributed by atoms with Gasteiger partial charge >= 0.3 is 5.97 Å². The normalized spacial score (nSPS) is 33.2. The number of aliphatic carboxylic acids is 1. The minimum absolute atomic E-state index is 0.161. The molecule has 4 saturated carbocycles. The molecule has 1 aromatic heterocycles. The van der Waals surface area contributed by atoms with Crippen molar-refractivity contribution in [3.63, 3.8) is 0 Å². The SMILES string of the molecule is O=C(O)CCn1c(CC23CC4CC(CC(C4)C2)C3)nc2ccccc21. The fraction of sp³-hybridized carbons (Fsp3) is 0.619. The first kappa shape index (κ1) is 15.4. The smallest absolute Gasteiger partial charge is 0.305 e. The highest BCUT2D eigenvalue weighted by Crippen LogP contribution is 2.61. The van der Waals surface area contributed by atoms with Gasteiger partial charge in [-0.15, -0.1) is 0 Å². The first-order valence-corrected chi connectivity index (χ1v) is 9.76. The summed E-state index contributed by atoms with van der Waals surface area (Å²) in [7, 11) is 0. The highest BCUT2D eigenvalue weighted by molar-refractivity contribution is 5.76. The van der Waals surface area contributed by atoms with Crippen LogP contribution in [-0.2, 0) is 17.8 Å². The Morgan fingerprint density at radius 1 is 1.12 bits per heavy atom. The van der Waals surface area contributed by atoms with Crippen LogP contribution in [0.25, 0.3) is 11.0 Å². The van der Waals surface area contributed by atoms with Crippen LogP contribution in [0.4, 0.5) is 0 Å². The van der Waals surface area contributed by atoms with Gasteiger partial charge in [0.25, 0.3) is 0 Å². The average molecular weight is 338 g/mol. The second kappa shape index (κ2) is 5.58. The highest BCUT2D eigenvalue weighted by atomic mass is 16.4. The fourth-order valence-electron chi connectivity index (χ4n) is 6.56. The van der Waals surface area contributed by atoms with E-state index >= 15 is 0 Å². The molecule has 2 aromatic rings. The number of fused-ring (bicyclic) bond motifs is 1. The number of para-hydroxylation sites is 2. The molecule has 6 rings (SSSR count). The molecule has 0 unspecified atom stereocenters. The zero-order valence-corrected chi connectivity index (χ0v) is 14.7. The Hall–Kier alpha value is -1.84. The Morgan fingerprint density at radius 2 is 1.76 bits per heavy atom. The van der Waals surface area contributed by atoms with Gasteiger partial charge in [-0.2, -0.15) is 0 Å². The van der Waals surface area contributed by atoms with Gasteiger partial charge in [-0.1, -0.05) is 12.1 Å². The van der Waals surface area contributed by atoms with Crippen molar-refractivity contribution in [2.45, 2.75) is 57.9 Å². The minimum atomic E-state index is -0.737. The van der Waals surface area contributed by atoms with Crippen LogP contribution < -0.4 is 0 Å². The van der Waals surface area contributed by atoms with Gasteiger partial charge in [-0.05, 0) is 73.8 Å². The van der Waals surface area contributed by atoms with Crippen molar-refractivity contribution in [3.05, 3.63) is 30.1 Å². The Morgan fingerprint density at radius 3 is 2.40 bits per heavy atom. The van der Waals surface area contributed by atoms with Crippen LogP contribution in [0, 0.1) is 23.2 Å². The van der Waals surface area contributed by atoms with Crippen LogP contribution in [0.3, 0.4) is 0 Å². The molecule has 25 heavy (non-hydrogen) atoms. The molecule has 4 nitrogen and oxygen atoms in total. The third kappa shape index (κ3) is 2.66. The molecule has 1 N–H and O–H groups in total. The molecule has 4 fully saturated rings. The Bertz CT molecular complexity index is 787. The minimum Gasteiger partial charge on any atom is -0.481 e. The number of aromatic nitrogens is 2. The number of carboxylic acid groups (broad SMARTS) is 1. The standard InChI is InChI=1S/C21H26N2O2/c24-20(25)5-6-23-18-4-2-1-3-17(18)22-19(23)13-21-10-14-7-15(11-21)9-16(8-14)12-21/h1-4,14-16H,5-13H2,(H,24,25). The molecule has 0 spiro atoms. The molecule has 4 aliphatic carbocycles. The summed E-state index contributed by atoms with van der Waals surface area (Å²) in [5, 5.41) is 9.14. The van der Waals surface area contributed by atoms with E-state index in [1.807, 2.05) is 12.1 Å². The molecule has 4 aliphatic rings. The fourth-order valence-corrected chi connectivity index (χ4v) is 6.56. The third-order valence-corrected chi connectivity index (χ3v) is 6.98. The monoisotopic (exact) mass is 338 g/mol. The van der Waals surface area contributed by atoms with Crippen molar-refractivity contribution in [2.24, 2.45) is 23.2 Å².